The third-order valence-electron chi connectivity index (χ3n) is 2.68. The maximum absolute atomic E-state index is 13.2. The Balaban J connectivity index is 2.16. The number of hydrogen-bond donors (Lipinski definition) is 1. The zero-order valence-electron chi connectivity index (χ0n) is 11.1. The number of nitrogens with one attached hydrogen (secondary N) is 1. The first-order valence-corrected chi connectivity index (χ1v) is 6.58. The van der Waals surface area contributed by atoms with Gasteiger partial charge in [-0.15, -0.1) is 0 Å². The second kappa shape index (κ2) is 6.54. The summed E-state index contributed by atoms with van der Waals surface area (Å²) in [6, 6.07) is 8.18. The lowest BCUT2D eigenvalue weighted by Crippen LogP contribution is -2.13. The molecule has 6 heteroatoms. The fourth-order valence-electron chi connectivity index (χ4n) is 1.70. The van der Waals surface area contributed by atoms with Crippen LogP contribution in [-0.2, 0) is 0 Å². The van der Waals surface area contributed by atoms with Crippen LogP contribution >= 0.6 is 11.6 Å². The molecule has 0 saturated carbocycles. The number of anilines is 1. The number of benzene rings is 2. The van der Waals surface area contributed by atoms with Gasteiger partial charge in [0.25, 0.3) is 5.91 Å². The molecule has 0 aromatic heterocycles. The zero-order chi connectivity index (χ0) is 15.4. The van der Waals surface area contributed by atoms with Crippen LogP contribution in [0.2, 0.25) is 5.02 Å². The lowest BCUT2D eigenvalue weighted by atomic mass is 10.2. The molecule has 0 fully saturated rings. The Hall–Kier alpha value is -2.14. The molecule has 0 bridgehead atoms. The van der Waals surface area contributed by atoms with E-state index in [0.29, 0.717) is 18.0 Å². The number of hydrogen-bond acceptors (Lipinski definition) is 2. The molecule has 1 amide bonds. The van der Waals surface area contributed by atoms with E-state index in [0.717, 1.165) is 12.1 Å². The van der Waals surface area contributed by atoms with Crippen LogP contribution in [0.25, 0.3) is 0 Å². The highest BCUT2D eigenvalue weighted by atomic mass is 35.5. The van der Waals surface area contributed by atoms with Crippen LogP contribution in [0.4, 0.5) is 14.5 Å². The quantitative estimate of drug-likeness (QED) is 0.856. The van der Waals surface area contributed by atoms with Crippen molar-refractivity contribution in [1.29, 1.82) is 0 Å². The lowest BCUT2D eigenvalue weighted by molar-refractivity contribution is 0.102. The minimum absolute atomic E-state index is 0.135. The molecule has 0 unspecified atom stereocenters. The molecule has 3 nitrogen and oxygen atoms in total. The summed E-state index contributed by atoms with van der Waals surface area (Å²) >= 11 is 5.74. The summed E-state index contributed by atoms with van der Waals surface area (Å²) in [5.74, 6) is -2.18. The normalized spacial score (nSPS) is 10.3. The number of carbonyl (C=O) groups excluding carboxylic acids is 1. The van der Waals surface area contributed by atoms with Crippen molar-refractivity contribution < 1.29 is 18.3 Å². The zero-order valence-corrected chi connectivity index (χ0v) is 11.9. The molecule has 0 atom stereocenters. The van der Waals surface area contributed by atoms with Gasteiger partial charge >= 0.3 is 0 Å². The van der Waals surface area contributed by atoms with Gasteiger partial charge in [-0.2, -0.15) is 0 Å². The van der Waals surface area contributed by atoms with E-state index in [4.69, 9.17) is 16.3 Å². The molecule has 2 rings (SSSR count). The smallest absolute Gasteiger partial charge is 0.257 e. The molecule has 0 heterocycles. The van der Waals surface area contributed by atoms with Gasteiger partial charge in [0, 0.05) is 5.69 Å². The van der Waals surface area contributed by atoms with Crippen molar-refractivity contribution in [3.8, 4) is 5.75 Å². The Labute approximate surface area is 125 Å². The van der Waals surface area contributed by atoms with Crippen molar-refractivity contribution in [2.45, 2.75) is 6.92 Å². The first-order chi connectivity index (χ1) is 10.0. The second-order valence-electron chi connectivity index (χ2n) is 4.16. The summed E-state index contributed by atoms with van der Waals surface area (Å²) < 4.78 is 31.4. The van der Waals surface area contributed by atoms with Crippen LogP contribution in [0.3, 0.4) is 0 Å². The van der Waals surface area contributed by atoms with Crippen LogP contribution in [0.1, 0.15) is 17.3 Å². The number of carbonyl (C=O) groups is 1. The van der Waals surface area contributed by atoms with E-state index in [1.165, 1.54) is 0 Å². The van der Waals surface area contributed by atoms with Crippen molar-refractivity contribution in [1.82, 2.24) is 0 Å². The molecule has 0 aliphatic carbocycles. The average Bonchev–Trinajstić information content (AvgIpc) is 2.45. The largest absolute Gasteiger partial charge is 0.494 e. The summed E-state index contributed by atoms with van der Waals surface area (Å²) in [5.41, 5.74) is 0.355. The molecular weight excluding hydrogens is 300 g/mol. The molecule has 0 aliphatic rings. The summed E-state index contributed by atoms with van der Waals surface area (Å²) in [6.07, 6.45) is 0. The van der Waals surface area contributed by atoms with Gasteiger partial charge in [0.05, 0.1) is 17.2 Å². The summed E-state index contributed by atoms with van der Waals surface area (Å²) in [6.45, 7) is 2.40. The van der Waals surface area contributed by atoms with E-state index >= 15 is 0 Å². The van der Waals surface area contributed by atoms with Crippen LogP contribution in [0.5, 0.6) is 5.75 Å². The number of amides is 1. The minimum atomic E-state index is -1.13. The molecule has 110 valence electrons. The van der Waals surface area contributed by atoms with Gasteiger partial charge in [-0.05, 0) is 43.3 Å². The van der Waals surface area contributed by atoms with E-state index in [1.807, 2.05) is 6.92 Å². The molecular formula is C15H12ClF2NO2. The Morgan fingerprint density at radius 2 is 1.81 bits per heavy atom. The predicted molar refractivity (Wildman–Crippen MR) is 76.9 cm³/mol. The molecule has 2 aromatic rings. The van der Waals surface area contributed by atoms with Crippen molar-refractivity contribution >= 4 is 23.2 Å². The Kier molecular flexibility index (Phi) is 4.75. The highest BCUT2D eigenvalue weighted by Gasteiger charge is 2.15. The van der Waals surface area contributed by atoms with Crippen molar-refractivity contribution in [2.75, 3.05) is 11.9 Å². The Morgan fingerprint density at radius 1 is 1.19 bits per heavy atom. The number of ether oxygens (including phenoxy) is 1. The van der Waals surface area contributed by atoms with Crippen molar-refractivity contribution in [3.63, 3.8) is 0 Å². The maximum Gasteiger partial charge on any atom is 0.257 e. The summed E-state index contributed by atoms with van der Waals surface area (Å²) in [4.78, 5) is 12.0. The molecule has 2 aromatic carbocycles. The first kappa shape index (κ1) is 15.3. The Morgan fingerprint density at radius 3 is 2.43 bits per heavy atom. The van der Waals surface area contributed by atoms with E-state index < -0.39 is 17.5 Å². The molecule has 1 N–H and O–H groups in total. The lowest BCUT2D eigenvalue weighted by Gasteiger charge is -2.08. The van der Waals surface area contributed by atoms with E-state index in [2.05, 4.69) is 5.32 Å². The molecule has 21 heavy (non-hydrogen) atoms. The van der Waals surface area contributed by atoms with E-state index in [1.54, 1.807) is 24.3 Å². The molecule has 0 saturated heterocycles. The molecule has 0 radical (unpaired) electrons. The van der Waals surface area contributed by atoms with E-state index in [9.17, 15) is 13.6 Å². The third-order valence-corrected chi connectivity index (χ3v) is 2.99. The van der Waals surface area contributed by atoms with Gasteiger partial charge in [0.1, 0.15) is 5.75 Å². The highest BCUT2D eigenvalue weighted by molar-refractivity contribution is 6.34. The van der Waals surface area contributed by atoms with Gasteiger partial charge in [-0.3, -0.25) is 4.79 Å². The topological polar surface area (TPSA) is 38.3 Å². The number of halogens is 3. The fourth-order valence-corrected chi connectivity index (χ4v) is 1.93. The average molecular weight is 312 g/mol. The Bertz CT molecular complexity index is 659. The predicted octanol–water partition coefficient (Wildman–Crippen LogP) is 4.27. The van der Waals surface area contributed by atoms with Crippen LogP contribution < -0.4 is 10.1 Å². The first-order valence-electron chi connectivity index (χ1n) is 6.20. The fraction of sp³-hybridized carbons (Fsp3) is 0.133. The van der Waals surface area contributed by atoms with Crippen LogP contribution in [0.15, 0.2) is 36.4 Å². The second-order valence-corrected chi connectivity index (χ2v) is 4.56. The van der Waals surface area contributed by atoms with Crippen LogP contribution in [-0.4, -0.2) is 12.5 Å². The van der Waals surface area contributed by atoms with Gasteiger partial charge in [0.15, 0.2) is 11.6 Å². The van der Waals surface area contributed by atoms with Crippen LogP contribution in [0, 0.1) is 11.6 Å². The van der Waals surface area contributed by atoms with Gasteiger partial charge in [0.2, 0.25) is 0 Å². The van der Waals surface area contributed by atoms with Gasteiger partial charge in [-0.1, -0.05) is 11.6 Å². The third kappa shape index (κ3) is 3.70. The summed E-state index contributed by atoms with van der Waals surface area (Å²) in [7, 11) is 0. The monoisotopic (exact) mass is 311 g/mol. The van der Waals surface area contributed by atoms with E-state index in [-0.39, 0.29) is 10.6 Å². The van der Waals surface area contributed by atoms with Gasteiger partial charge < -0.3 is 10.1 Å². The standard InChI is InChI=1S/C15H12ClF2NO2/c1-2-21-10-5-3-9(4-6-10)19-15(20)11-7-13(17)14(18)8-12(11)16/h3-8H,2H2,1H3,(H,19,20). The summed E-state index contributed by atoms with van der Waals surface area (Å²) in [5, 5.41) is 2.39. The van der Waals surface area contributed by atoms with Crippen molar-refractivity contribution in [3.05, 3.63) is 58.6 Å². The molecule has 0 spiro atoms. The molecule has 0 aliphatic heterocycles. The minimum Gasteiger partial charge on any atom is -0.494 e. The van der Waals surface area contributed by atoms with Gasteiger partial charge in [-0.25, -0.2) is 8.78 Å². The number of rotatable bonds is 4. The van der Waals surface area contributed by atoms with Crippen molar-refractivity contribution in [2.24, 2.45) is 0 Å². The highest BCUT2D eigenvalue weighted by Crippen LogP contribution is 2.22. The maximum atomic E-state index is 13.2. The SMILES string of the molecule is CCOc1ccc(NC(=O)c2cc(F)c(F)cc2Cl)cc1.